The molecule has 0 bridgehead atoms. The van der Waals surface area contributed by atoms with E-state index in [1.807, 2.05) is 24.9 Å². The summed E-state index contributed by atoms with van der Waals surface area (Å²) in [6.07, 6.45) is 4.53. The smallest absolute Gasteiger partial charge is 0.257 e. The molecule has 1 atom stereocenters. The Balaban J connectivity index is 1.74. The van der Waals surface area contributed by atoms with E-state index < -0.39 is 0 Å². The molecule has 1 fully saturated rings. The van der Waals surface area contributed by atoms with Crippen LogP contribution in [0.4, 0.5) is 0 Å². The minimum atomic E-state index is 0.0765. The van der Waals surface area contributed by atoms with Crippen molar-refractivity contribution < 1.29 is 4.79 Å². The summed E-state index contributed by atoms with van der Waals surface area (Å²) in [4.78, 5) is 14.3. The van der Waals surface area contributed by atoms with E-state index in [1.54, 1.807) is 17.1 Å². The summed E-state index contributed by atoms with van der Waals surface area (Å²) >= 11 is 0. The second-order valence-electron chi connectivity index (χ2n) is 5.05. The van der Waals surface area contributed by atoms with Crippen molar-refractivity contribution in [2.45, 2.75) is 19.3 Å². The molecule has 19 heavy (non-hydrogen) atoms. The Hall–Kier alpha value is -2.11. The van der Waals surface area contributed by atoms with E-state index >= 15 is 0 Å². The zero-order valence-corrected chi connectivity index (χ0v) is 11.1. The van der Waals surface area contributed by atoms with Gasteiger partial charge in [0.25, 0.3) is 5.91 Å². The van der Waals surface area contributed by atoms with Gasteiger partial charge in [0.1, 0.15) is 0 Å². The van der Waals surface area contributed by atoms with Crippen LogP contribution in [0.1, 0.15) is 34.1 Å². The van der Waals surface area contributed by atoms with E-state index in [9.17, 15) is 4.79 Å². The minimum Gasteiger partial charge on any atom is -0.338 e. The fourth-order valence-electron chi connectivity index (χ4n) is 2.67. The highest BCUT2D eigenvalue weighted by molar-refractivity contribution is 5.95. The van der Waals surface area contributed by atoms with Crippen LogP contribution in [0.5, 0.6) is 0 Å². The molecule has 0 aromatic carbocycles. The number of aromatic nitrogens is 4. The van der Waals surface area contributed by atoms with Gasteiger partial charge in [-0.1, -0.05) is 0 Å². The number of likely N-dealkylation sites (tertiary alicyclic amines) is 1. The number of aromatic amines is 1. The lowest BCUT2D eigenvalue weighted by Gasteiger charge is -2.15. The number of amides is 1. The standard InChI is InChI=1S/C13H17N5O/c1-9-11(8-17(2)16-9)13(19)18-6-4-10(7-18)12-3-5-14-15-12/h3,5,8,10H,4,6-7H2,1-2H3,(H,14,15). The number of hydrogen-bond acceptors (Lipinski definition) is 3. The van der Waals surface area contributed by atoms with Crippen molar-refractivity contribution in [2.24, 2.45) is 7.05 Å². The molecule has 0 radical (unpaired) electrons. The summed E-state index contributed by atoms with van der Waals surface area (Å²) in [5, 5.41) is 11.2. The lowest BCUT2D eigenvalue weighted by atomic mass is 10.1. The van der Waals surface area contributed by atoms with Gasteiger partial charge in [-0.25, -0.2) is 0 Å². The third-order valence-corrected chi connectivity index (χ3v) is 3.68. The Morgan fingerprint density at radius 3 is 3.00 bits per heavy atom. The van der Waals surface area contributed by atoms with E-state index in [2.05, 4.69) is 15.3 Å². The van der Waals surface area contributed by atoms with Gasteiger partial charge in [0.05, 0.1) is 11.3 Å². The molecule has 6 nitrogen and oxygen atoms in total. The molecule has 1 saturated heterocycles. The first-order chi connectivity index (χ1) is 9.15. The van der Waals surface area contributed by atoms with Crippen LogP contribution in [0.2, 0.25) is 0 Å². The normalized spacial score (nSPS) is 19.1. The van der Waals surface area contributed by atoms with Gasteiger partial charge in [0.15, 0.2) is 0 Å². The van der Waals surface area contributed by atoms with Gasteiger partial charge in [-0.2, -0.15) is 10.2 Å². The molecule has 3 heterocycles. The maximum atomic E-state index is 12.4. The molecule has 0 saturated carbocycles. The van der Waals surface area contributed by atoms with Gasteiger partial charge in [-0.15, -0.1) is 0 Å². The summed E-state index contributed by atoms with van der Waals surface area (Å²) in [7, 11) is 1.83. The number of carbonyl (C=O) groups is 1. The van der Waals surface area contributed by atoms with E-state index in [4.69, 9.17) is 0 Å². The van der Waals surface area contributed by atoms with Crippen LogP contribution >= 0.6 is 0 Å². The monoisotopic (exact) mass is 259 g/mol. The van der Waals surface area contributed by atoms with Crippen LogP contribution in [0, 0.1) is 6.92 Å². The number of carbonyl (C=O) groups excluding carboxylic acids is 1. The van der Waals surface area contributed by atoms with Crippen LogP contribution < -0.4 is 0 Å². The van der Waals surface area contributed by atoms with E-state index in [0.717, 1.165) is 30.9 Å². The van der Waals surface area contributed by atoms with Gasteiger partial charge in [-0.3, -0.25) is 14.6 Å². The third kappa shape index (κ3) is 2.14. The van der Waals surface area contributed by atoms with Crippen molar-refractivity contribution in [1.82, 2.24) is 24.9 Å². The van der Waals surface area contributed by atoms with Gasteiger partial charge in [0, 0.05) is 44.1 Å². The van der Waals surface area contributed by atoms with E-state index in [1.165, 1.54) is 0 Å². The molecule has 2 aromatic rings. The third-order valence-electron chi connectivity index (χ3n) is 3.68. The Morgan fingerprint density at radius 2 is 2.37 bits per heavy atom. The first-order valence-electron chi connectivity index (χ1n) is 6.44. The molecule has 3 rings (SSSR count). The molecule has 1 aliphatic rings. The van der Waals surface area contributed by atoms with Gasteiger partial charge in [-0.05, 0) is 19.4 Å². The molecule has 2 aromatic heterocycles. The van der Waals surface area contributed by atoms with Crippen molar-refractivity contribution in [3.05, 3.63) is 35.4 Å². The Labute approximate surface area is 111 Å². The SMILES string of the molecule is Cc1nn(C)cc1C(=O)N1CCC(c2ccn[nH]2)C1. The lowest BCUT2D eigenvalue weighted by molar-refractivity contribution is 0.0790. The van der Waals surface area contributed by atoms with E-state index in [-0.39, 0.29) is 5.91 Å². The summed E-state index contributed by atoms with van der Waals surface area (Å²) in [6, 6.07) is 1.98. The topological polar surface area (TPSA) is 66.8 Å². The fourth-order valence-corrected chi connectivity index (χ4v) is 2.67. The molecule has 100 valence electrons. The molecule has 1 unspecified atom stereocenters. The van der Waals surface area contributed by atoms with Crippen LogP contribution in [0.15, 0.2) is 18.5 Å². The number of rotatable bonds is 2. The predicted molar refractivity (Wildman–Crippen MR) is 69.8 cm³/mol. The fraction of sp³-hybridized carbons (Fsp3) is 0.462. The zero-order valence-electron chi connectivity index (χ0n) is 11.1. The molecule has 1 N–H and O–H groups in total. The highest BCUT2D eigenvalue weighted by Crippen LogP contribution is 2.26. The number of hydrogen-bond donors (Lipinski definition) is 1. The van der Waals surface area contributed by atoms with Crippen molar-refractivity contribution in [1.29, 1.82) is 0 Å². The molecular formula is C13H17N5O. The van der Waals surface area contributed by atoms with Crippen LogP contribution in [0.25, 0.3) is 0 Å². The van der Waals surface area contributed by atoms with Crippen LogP contribution in [0.3, 0.4) is 0 Å². The summed E-state index contributed by atoms with van der Waals surface area (Å²) in [5.74, 6) is 0.441. The molecule has 6 heteroatoms. The highest BCUT2D eigenvalue weighted by atomic mass is 16.2. The summed E-state index contributed by atoms with van der Waals surface area (Å²) < 4.78 is 1.69. The second-order valence-corrected chi connectivity index (χ2v) is 5.05. The molecule has 0 aliphatic carbocycles. The van der Waals surface area contributed by atoms with Crippen LogP contribution in [-0.2, 0) is 7.05 Å². The highest BCUT2D eigenvalue weighted by Gasteiger charge is 2.29. The number of nitrogens with zero attached hydrogens (tertiary/aromatic N) is 4. The van der Waals surface area contributed by atoms with Crippen molar-refractivity contribution in [3.8, 4) is 0 Å². The number of H-pyrrole nitrogens is 1. The van der Waals surface area contributed by atoms with Gasteiger partial charge >= 0.3 is 0 Å². The summed E-state index contributed by atoms with van der Waals surface area (Å²) in [6.45, 7) is 3.40. The van der Waals surface area contributed by atoms with Gasteiger partial charge < -0.3 is 4.90 Å². The molecule has 0 spiro atoms. The number of aryl methyl sites for hydroxylation is 2. The zero-order chi connectivity index (χ0) is 13.4. The summed E-state index contributed by atoms with van der Waals surface area (Å²) in [5.41, 5.74) is 2.60. The first-order valence-corrected chi connectivity index (χ1v) is 6.44. The maximum Gasteiger partial charge on any atom is 0.257 e. The van der Waals surface area contributed by atoms with Crippen molar-refractivity contribution >= 4 is 5.91 Å². The van der Waals surface area contributed by atoms with Crippen molar-refractivity contribution in [2.75, 3.05) is 13.1 Å². The van der Waals surface area contributed by atoms with E-state index in [0.29, 0.717) is 11.5 Å². The quantitative estimate of drug-likeness (QED) is 0.877. The maximum absolute atomic E-state index is 12.4. The second kappa shape index (κ2) is 4.53. The Kier molecular flexibility index (Phi) is 2.85. The lowest BCUT2D eigenvalue weighted by Crippen LogP contribution is -2.28. The molecule has 1 aliphatic heterocycles. The largest absolute Gasteiger partial charge is 0.338 e. The predicted octanol–water partition coefficient (Wildman–Crippen LogP) is 1.08. The Morgan fingerprint density at radius 1 is 1.53 bits per heavy atom. The van der Waals surface area contributed by atoms with Crippen molar-refractivity contribution in [3.63, 3.8) is 0 Å². The minimum absolute atomic E-state index is 0.0765. The first kappa shape index (κ1) is 12.0. The number of nitrogens with one attached hydrogen (secondary N) is 1. The Bertz CT molecular complexity index is 586. The molecular weight excluding hydrogens is 242 g/mol. The van der Waals surface area contributed by atoms with Gasteiger partial charge in [0.2, 0.25) is 0 Å². The average Bonchev–Trinajstić information content (AvgIpc) is 3.06. The van der Waals surface area contributed by atoms with Crippen LogP contribution in [-0.4, -0.2) is 43.9 Å². The molecule has 1 amide bonds. The average molecular weight is 259 g/mol.